The highest BCUT2D eigenvalue weighted by atomic mass is 79.9. The van der Waals surface area contributed by atoms with Gasteiger partial charge in [-0.15, -0.1) is 0 Å². The van der Waals surface area contributed by atoms with Crippen LogP contribution in [0.4, 0.5) is 15.8 Å². The van der Waals surface area contributed by atoms with Crippen LogP contribution in [-0.4, -0.2) is 16.5 Å². The largest absolute Gasteiger partial charge is 0.379 e. The van der Waals surface area contributed by atoms with E-state index in [1.165, 1.54) is 6.07 Å². The van der Waals surface area contributed by atoms with Crippen molar-refractivity contribution in [3.63, 3.8) is 0 Å². The smallest absolute Gasteiger partial charge is 0.295 e. The average Bonchev–Trinajstić information content (AvgIpc) is 2.43. The van der Waals surface area contributed by atoms with Gasteiger partial charge in [-0.3, -0.25) is 15.1 Å². The molecule has 1 heterocycles. The van der Waals surface area contributed by atoms with Crippen LogP contribution in [0.2, 0.25) is 0 Å². The highest BCUT2D eigenvalue weighted by Gasteiger charge is 2.17. The molecule has 2 aromatic rings. The second kappa shape index (κ2) is 6.42. The molecule has 1 aromatic heterocycles. The van der Waals surface area contributed by atoms with E-state index in [0.717, 1.165) is 11.8 Å². The van der Waals surface area contributed by atoms with Gasteiger partial charge in [-0.2, -0.15) is 0 Å². The van der Waals surface area contributed by atoms with Gasteiger partial charge in [-0.05, 0) is 34.1 Å². The first-order chi connectivity index (χ1) is 9.58. The van der Waals surface area contributed by atoms with Crippen molar-refractivity contribution in [1.82, 2.24) is 4.98 Å². The fraction of sp³-hybridized carbons (Fsp3) is 0.154. The topological polar surface area (TPSA) is 68.1 Å². The molecule has 0 aliphatic rings. The summed E-state index contributed by atoms with van der Waals surface area (Å²) in [5, 5.41) is 13.8. The molecule has 0 radical (unpaired) electrons. The Labute approximate surface area is 123 Å². The zero-order chi connectivity index (χ0) is 14.5. The molecule has 104 valence electrons. The van der Waals surface area contributed by atoms with Crippen LogP contribution in [0.5, 0.6) is 0 Å². The van der Waals surface area contributed by atoms with Crippen molar-refractivity contribution in [3.05, 3.63) is 62.6 Å². The van der Waals surface area contributed by atoms with Crippen molar-refractivity contribution in [2.45, 2.75) is 6.42 Å². The first-order valence-electron chi connectivity index (χ1n) is 5.85. The Morgan fingerprint density at radius 3 is 2.85 bits per heavy atom. The lowest BCUT2D eigenvalue weighted by Gasteiger charge is -2.08. The number of pyridine rings is 1. The van der Waals surface area contributed by atoms with Crippen molar-refractivity contribution >= 4 is 27.3 Å². The summed E-state index contributed by atoms with van der Waals surface area (Å²) in [6.45, 7) is 0.468. The van der Waals surface area contributed by atoms with Gasteiger partial charge in [0.25, 0.3) is 5.69 Å². The Morgan fingerprint density at radius 1 is 1.40 bits per heavy atom. The van der Waals surface area contributed by atoms with Crippen LogP contribution in [-0.2, 0) is 6.42 Å². The fourth-order valence-corrected chi connectivity index (χ4v) is 2.04. The van der Waals surface area contributed by atoms with Crippen LogP contribution in [0, 0.1) is 15.9 Å². The van der Waals surface area contributed by atoms with Crippen molar-refractivity contribution in [1.29, 1.82) is 0 Å². The average molecular weight is 340 g/mol. The van der Waals surface area contributed by atoms with E-state index in [2.05, 4.69) is 26.2 Å². The molecule has 0 amide bonds. The summed E-state index contributed by atoms with van der Waals surface area (Å²) in [5.41, 5.74) is 0.870. The minimum Gasteiger partial charge on any atom is -0.379 e. The molecule has 0 aliphatic heterocycles. The van der Waals surface area contributed by atoms with Crippen LogP contribution in [0.3, 0.4) is 0 Å². The van der Waals surface area contributed by atoms with Crippen LogP contribution in [0.25, 0.3) is 0 Å². The number of nitrogens with one attached hydrogen (secondary N) is 1. The zero-order valence-electron chi connectivity index (χ0n) is 10.3. The summed E-state index contributed by atoms with van der Waals surface area (Å²) >= 11 is 3.02. The van der Waals surface area contributed by atoms with Gasteiger partial charge in [0.1, 0.15) is 11.5 Å². The maximum atomic E-state index is 13.3. The van der Waals surface area contributed by atoms with Gasteiger partial charge in [-0.1, -0.05) is 6.07 Å². The summed E-state index contributed by atoms with van der Waals surface area (Å²) in [6, 6.07) is 7.83. The Kier molecular flexibility index (Phi) is 4.62. The summed E-state index contributed by atoms with van der Waals surface area (Å²) in [5.74, 6) is -0.660. The third-order valence-electron chi connectivity index (χ3n) is 2.66. The highest BCUT2D eigenvalue weighted by molar-refractivity contribution is 9.10. The second-order valence-electron chi connectivity index (χ2n) is 4.04. The Bertz CT molecular complexity index is 623. The number of nitrogens with zero attached hydrogens (tertiary/aromatic N) is 2. The van der Waals surface area contributed by atoms with Crippen LogP contribution in [0.1, 0.15) is 5.69 Å². The first kappa shape index (κ1) is 14.4. The normalized spacial score (nSPS) is 10.3. The number of hydrogen-bond donors (Lipinski definition) is 1. The Hall–Kier alpha value is -2.02. The van der Waals surface area contributed by atoms with Gasteiger partial charge in [0.2, 0.25) is 0 Å². The Balaban J connectivity index is 2.09. The predicted octanol–water partition coefficient (Wildman–Crippen LogP) is 3.55. The number of benzene rings is 1. The molecule has 20 heavy (non-hydrogen) atoms. The lowest BCUT2D eigenvalue weighted by atomic mass is 10.2. The molecule has 0 fully saturated rings. The van der Waals surface area contributed by atoms with E-state index in [4.69, 9.17) is 0 Å². The molecule has 0 saturated heterocycles. The molecule has 0 saturated carbocycles. The van der Waals surface area contributed by atoms with Gasteiger partial charge in [0.05, 0.1) is 15.5 Å². The Morgan fingerprint density at radius 2 is 2.20 bits per heavy atom. The number of aromatic nitrogens is 1. The van der Waals surface area contributed by atoms with Gasteiger partial charge in [0, 0.05) is 24.9 Å². The number of rotatable bonds is 5. The summed E-state index contributed by atoms with van der Waals surface area (Å²) in [6.07, 6.45) is 2.30. The second-order valence-corrected chi connectivity index (χ2v) is 4.89. The molecular weight excluding hydrogens is 329 g/mol. The lowest BCUT2D eigenvalue weighted by molar-refractivity contribution is -0.384. The van der Waals surface area contributed by atoms with E-state index in [1.807, 2.05) is 18.2 Å². The van der Waals surface area contributed by atoms with Crippen molar-refractivity contribution < 1.29 is 9.31 Å². The molecule has 2 rings (SSSR count). The van der Waals surface area contributed by atoms with Crippen LogP contribution >= 0.6 is 15.9 Å². The van der Waals surface area contributed by atoms with Crippen LogP contribution < -0.4 is 5.32 Å². The van der Waals surface area contributed by atoms with Crippen LogP contribution in [0.15, 0.2) is 41.0 Å². The molecular formula is C13H11BrFN3O2. The number of nitro benzene ring substituents is 1. The summed E-state index contributed by atoms with van der Waals surface area (Å²) < 4.78 is 13.5. The summed E-state index contributed by atoms with van der Waals surface area (Å²) in [7, 11) is 0. The molecule has 1 aromatic carbocycles. The zero-order valence-corrected chi connectivity index (χ0v) is 11.9. The molecule has 0 unspecified atom stereocenters. The fourth-order valence-electron chi connectivity index (χ4n) is 1.70. The van der Waals surface area contributed by atoms with Crippen molar-refractivity contribution in [2.24, 2.45) is 0 Å². The van der Waals surface area contributed by atoms with E-state index < -0.39 is 10.7 Å². The standard InChI is InChI=1S/C13H11BrFN3O2/c14-10-7-12(13(18(19)20)8-11(10)15)17-6-4-9-3-1-2-5-16-9/h1-3,5,7-8,17H,4,6H2. The minimum atomic E-state index is -0.660. The van der Waals surface area contributed by atoms with Gasteiger partial charge < -0.3 is 5.32 Å². The van der Waals surface area contributed by atoms with Gasteiger partial charge >= 0.3 is 0 Å². The molecule has 0 bridgehead atoms. The number of halogens is 2. The van der Waals surface area contributed by atoms with Crippen molar-refractivity contribution in [2.75, 3.05) is 11.9 Å². The van der Waals surface area contributed by atoms with E-state index in [1.54, 1.807) is 6.20 Å². The van der Waals surface area contributed by atoms with Gasteiger partial charge in [-0.25, -0.2) is 4.39 Å². The number of nitro groups is 1. The minimum absolute atomic E-state index is 0.184. The molecule has 0 aliphatic carbocycles. The maximum absolute atomic E-state index is 13.3. The quantitative estimate of drug-likeness (QED) is 0.668. The maximum Gasteiger partial charge on any atom is 0.295 e. The monoisotopic (exact) mass is 339 g/mol. The SMILES string of the molecule is O=[N+]([O-])c1cc(F)c(Br)cc1NCCc1ccccn1. The van der Waals surface area contributed by atoms with E-state index in [-0.39, 0.29) is 15.8 Å². The molecule has 7 heteroatoms. The molecule has 5 nitrogen and oxygen atoms in total. The predicted molar refractivity (Wildman–Crippen MR) is 77.2 cm³/mol. The molecule has 1 N–H and O–H groups in total. The third kappa shape index (κ3) is 3.51. The van der Waals surface area contributed by atoms with Crippen molar-refractivity contribution in [3.8, 4) is 0 Å². The molecule has 0 spiro atoms. The van der Waals surface area contributed by atoms with E-state index in [9.17, 15) is 14.5 Å². The van der Waals surface area contributed by atoms with E-state index in [0.29, 0.717) is 13.0 Å². The number of hydrogen-bond acceptors (Lipinski definition) is 4. The van der Waals surface area contributed by atoms with E-state index >= 15 is 0 Å². The molecule has 0 atom stereocenters. The highest BCUT2D eigenvalue weighted by Crippen LogP contribution is 2.30. The first-order valence-corrected chi connectivity index (χ1v) is 6.64. The third-order valence-corrected chi connectivity index (χ3v) is 3.27. The lowest BCUT2D eigenvalue weighted by Crippen LogP contribution is -2.08. The van der Waals surface area contributed by atoms with Gasteiger partial charge in [0.15, 0.2) is 0 Å². The number of anilines is 1. The summed E-state index contributed by atoms with van der Waals surface area (Å²) in [4.78, 5) is 14.4.